The smallest absolute Gasteiger partial charge is 0.278 e. The third-order valence-corrected chi connectivity index (χ3v) is 4.28. The Labute approximate surface area is 119 Å². The highest BCUT2D eigenvalue weighted by atomic mass is 16.6. The van der Waals surface area contributed by atoms with Gasteiger partial charge in [0.2, 0.25) is 0 Å². The standard InChI is InChI=1S/C15H23N3O2/c1-10-8-17-13(11(2)14(10)18(19)20)9-16-12-5-6-15(3,4)7-12/h8,12,16H,5-7,9H2,1-4H3. The van der Waals surface area contributed by atoms with Gasteiger partial charge in [0.1, 0.15) is 0 Å². The van der Waals surface area contributed by atoms with Gasteiger partial charge in [-0.2, -0.15) is 0 Å². The van der Waals surface area contributed by atoms with Gasteiger partial charge in [-0.15, -0.1) is 0 Å². The van der Waals surface area contributed by atoms with E-state index in [1.54, 1.807) is 20.0 Å². The first-order chi connectivity index (χ1) is 9.30. The van der Waals surface area contributed by atoms with Gasteiger partial charge in [-0.05, 0) is 38.5 Å². The molecular formula is C15H23N3O2. The molecule has 1 aromatic rings. The van der Waals surface area contributed by atoms with Crippen LogP contribution in [-0.2, 0) is 6.54 Å². The number of rotatable bonds is 4. The van der Waals surface area contributed by atoms with Gasteiger partial charge < -0.3 is 5.32 Å². The molecule has 0 aliphatic heterocycles. The van der Waals surface area contributed by atoms with E-state index >= 15 is 0 Å². The molecule has 0 saturated heterocycles. The van der Waals surface area contributed by atoms with Gasteiger partial charge in [0.05, 0.1) is 10.6 Å². The number of pyridine rings is 1. The molecule has 0 radical (unpaired) electrons. The molecule has 1 heterocycles. The maximum atomic E-state index is 11.1. The lowest BCUT2D eigenvalue weighted by atomic mass is 9.92. The highest BCUT2D eigenvalue weighted by Gasteiger charge is 2.30. The predicted octanol–water partition coefficient (Wildman–Crippen LogP) is 3.27. The zero-order chi connectivity index (χ0) is 14.9. The molecule has 1 atom stereocenters. The van der Waals surface area contributed by atoms with Crippen LogP contribution >= 0.6 is 0 Å². The van der Waals surface area contributed by atoms with Crippen LogP contribution in [0.2, 0.25) is 0 Å². The molecule has 0 aromatic carbocycles. The Balaban J connectivity index is 2.07. The van der Waals surface area contributed by atoms with Gasteiger partial charge in [-0.1, -0.05) is 13.8 Å². The van der Waals surface area contributed by atoms with Gasteiger partial charge >= 0.3 is 0 Å². The fourth-order valence-electron chi connectivity index (χ4n) is 3.08. The van der Waals surface area contributed by atoms with Crippen molar-refractivity contribution in [2.45, 2.75) is 59.5 Å². The maximum absolute atomic E-state index is 11.1. The summed E-state index contributed by atoms with van der Waals surface area (Å²) in [6.07, 6.45) is 5.14. The second-order valence-corrected chi connectivity index (χ2v) is 6.60. The van der Waals surface area contributed by atoms with E-state index in [1.165, 1.54) is 12.8 Å². The molecule has 110 valence electrons. The van der Waals surface area contributed by atoms with Crippen molar-refractivity contribution < 1.29 is 4.92 Å². The minimum atomic E-state index is -0.311. The molecule has 0 bridgehead atoms. The van der Waals surface area contributed by atoms with E-state index in [1.807, 2.05) is 0 Å². The number of aromatic nitrogens is 1. The van der Waals surface area contributed by atoms with Crippen molar-refractivity contribution in [3.63, 3.8) is 0 Å². The lowest BCUT2D eigenvalue weighted by molar-refractivity contribution is -0.386. The molecular weight excluding hydrogens is 254 g/mol. The Morgan fingerprint density at radius 3 is 2.75 bits per heavy atom. The van der Waals surface area contributed by atoms with Crippen molar-refractivity contribution in [1.82, 2.24) is 10.3 Å². The molecule has 5 nitrogen and oxygen atoms in total. The van der Waals surface area contributed by atoms with E-state index < -0.39 is 0 Å². The Kier molecular flexibility index (Phi) is 4.09. The number of nitrogens with one attached hydrogen (secondary N) is 1. The van der Waals surface area contributed by atoms with Gasteiger partial charge in [-0.25, -0.2) is 0 Å². The first-order valence-corrected chi connectivity index (χ1v) is 7.13. The summed E-state index contributed by atoms with van der Waals surface area (Å²) < 4.78 is 0. The summed E-state index contributed by atoms with van der Waals surface area (Å²) >= 11 is 0. The van der Waals surface area contributed by atoms with Crippen LogP contribution in [0.3, 0.4) is 0 Å². The fraction of sp³-hybridized carbons (Fsp3) is 0.667. The average molecular weight is 277 g/mol. The molecule has 1 saturated carbocycles. The van der Waals surface area contributed by atoms with E-state index in [0.717, 1.165) is 12.1 Å². The lowest BCUT2D eigenvalue weighted by Crippen LogP contribution is -2.27. The Hall–Kier alpha value is -1.49. The molecule has 1 aliphatic carbocycles. The van der Waals surface area contributed by atoms with Gasteiger partial charge in [0, 0.05) is 29.9 Å². The molecule has 1 unspecified atom stereocenters. The number of hydrogen-bond acceptors (Lipinski definition) is 4. The van der Waals surface area contributed by atoms with Gasteiger partial charge in [-0.3, -0.25) is 15.1 Å². The van der Waals surface area contributed by atoms with Crippen molar-refractivity contribution in [3.05, 3.63) is 33.1 Å². The van der Waals surface area contributed by atoms with Crippen LogP contribution in [0.1, 0.15) is 49.9 Å². The highest BCUT2D eigenvalue weighted by molar-refractivity contribution is 5.47. The van der Waals surface area contributed by atoms with E-state index in [4.69, 9.17) is 0 Å². The van der Waals surface area contributed by atoms with Crippen LogP contribution in [0.5, 0.6) is 0 Å². The summed E-state index contributed by atoms with van der Waals surface area (Å²) in [5.74, 6) is 0. The second kappa shape index (κ2) is 5.48. The number of nitrogens with zero attached hydrogens (tertiary/aromatic N) is 2. The van der Waals surface area contributed by atoms with Crippen LogP contribution in [0, 0.1) is 29.4 Å². The third kappa shape index (κ3) is 3.15. The number of aryl methyl sites for hydroxylation is 1. The number of hydrogen-bond donors (Lipinski definition) is 1. The van der Waals surface area contributed by atoms with Crippen LogP contribution in [0.4, 0.5) is 5.69 Å². The topological polar surface area (TPSA) is 68.1 Å². The second-order valence-electron chi connectivity index (χ2n) is 6.60. The molecule has 20 heavy (non-hydrogen) atoms. The van der Waals surface area contributed by atoms with Crippen molar-refractivity contribution in [3.8, 4) is 0 Å². The van der Waals surface area contributed by atoms with Crippen LogP contribution in [0.25, 0.3) is 0 Å². The molecule has 1 fully saturated rings. The molecule has 5 heteroatoms. The van der Waals surface area contributed by atoms with E-state index in [9.17, 15) is 10.1 Å². The van der Waals surface area contributed by atoms with Crippen LogP contribution < -0.4 is 5.32 Å². The molecule has 2 rings (SSSR count). The van der Waals surface area contributed by atoms with Crippen LogP contribution in [-0.4, -0.2) is 15.9 Å². The predicted molar refractivity (Wildman–Crippen MR) is 78.6 cm³/mol. The molecule has 0 spiro atoms. The summed E-state index contributed by atoms with van der Waals surface area (Å²) in [4.78, 5) is 15.1. The van der Waals surface area contributed by atoms with Crippen LogP contribution in [0.15, 0.2) is 6.20 Å². The molecule has 1 aliphatic rings. The van der Waals surface area contributed by atoms with Gasteiger partial charge in [0.25, 0.3) is 5.69 Å². The van der Waals surface area contributed by atoms with E-state index in [2.05, 4.69) is 24.1 Å². The quantitative estimate of drug-likeness (QED) is 0.677. The molecule has 1 N–H and O–H groups in total. The Bertz CT molecular complexity index is 526. The molecule has 1 aromatic heterocycles. The van der Waals surface area contributed by atoms with Gasteiger partial charge in [0.15, 0.2) is 0 Å². The van der Waals surface area contributed by atoms with E-state index in [0.29, 0.717) is 29.1 Å². The summed E-state index contributed by atoms with van der Waals surface area (Å²) in [5, 5.41) is 14.6. The van der Waals surface area contributed by atoms with Crippen molar-refractivity contribution in [1.29, 1.82) is 0 Å². The highest BCUT2D eigenvalue weighted by Crippen LogP contribution is 2.37. The average Bonchev–Trinajstić information content (AvgIpc) is 2.67. The number of nitro groups is 1. The maximum Gasteiger partial charge on any atom is 0.278 e. The first kappa shape index (κ1) is 14.9. The summed E-state index contributed by atoms with van der Waals surface area (Å²) in [6.45, 7) is 8.69. The third-order valence-electron chi connectivity index (χ3n) is 4.28. The Morgan fingerprint density at radius 2 is 2.20 bits per heavy atom. The largest absolute Gasteiger partial charge is 0.308 e. The summed E-state index contributed by atoms with van der Waals surface area (Å²) in [7, 11) is 0. The zero-order valence-corrected chi connectivity index (χ0v) is 12.7. The fourth-order valence-corrected chi connectivity index (χ4v) is 3.08. The van der Waals surface area contributed by atoms with Crippen molar-refractivity contribution in [2.24, 2.45) is 5.41 Å². The summed E-state index contributed by atoms with van der Waals surface area (Å²) in [5.41, 5.74) is 2.69. The van der Waals surface area contributed by atoms with E-state index in [-0.39, 0.29) is 10.6 Å². The summed E-state index contributed by atoms with van der Waals surface area (Å²) in [6, 6.07) is 0.492. The normalized spacial score (nSPS) is 21.1. The monoisotopic (exact) mass is 277 g/mol. The van der Waals surface area contributed by atoms with Crippen molar-refractivity contribution >= 4 is 5.69 Å². The minimum absolute atomic E-state index is 0.198. The Morgan fingerprint density at radius 1 is 1.50 bits per heavy atom. The van der Waals surface area contributed by atoms with Crippen molar-refractivity contribution in [2.75, 3.05) is 0 Å². The first-order valence-electron chi connectivity index (χ1n) is 7.13. The SMILES string of the molecule is Cc1cnc(CNC2CCC(C)(C)C2)c(C)c1[N+](=O)[O-]. The lowest BCUT2D eigenvalue weighted by Gasteiger charge is -2.18. The zero-order valence-electron chi connectivity index (χ0n) is 12.7. The molecule has 0 amide bonds. The minimum Gasteiger partial charge on any atom is -0.308 e.